The van der Waals surface area contributed by atoms with Crippen LogP contribution in [0.25, 0.3) is 22.2 Å². The maximum atomic E-state index is 12.6. The molecule has 1 fully saturated rings. The summed E-state index contributed by atoms with van der Waals surface area (Å²) in [5, 5.41) is 1.08. The number of para-hydroxylation sites is 1. The summed E-state index contributed by atoms with van der Waals surface area (Å²) in [6.45, 7) is 1.41. The third-order valence-electron chi connectivity index (χ3n) is 5.24. The lowest BCUT2D eigenvalue weighted by Crippen LogP contribution is -2.46. The fourth-order valence-electron chi connectivity index (χ4n) is 3.78. The Labute approximate surface area is 176 Å². The number of hydrogen-bond acceptors (Lipinski definition) is 5. The standard InChI is InChI=1S/C23H17F3N4O/c24-23(25,26)31-18-6-3-5-16(12-18)21-22(28-11-10-27-21)17-13-30(14-17)20-9-8-15-4-1-2-7-19(15)29-20/h1-12,17H,13-14H2. The van der Waals surface area contributed by atoms with E-state index >= 15 is 0 Å². The zero-order valence-electron chi connectivity index (χ0n) is 16.3. The Hall–Kier alpha value is -3.68. The van der Waals surface area contributed by atoms with Gasteiger partial charge in [0.15, 0.2) is 0 Å². The minimum atomic E-state index is -4.74. The summed E-state index contributed by atoms with van der Waals surface area (Å²) in [5.74, 6) is 0.710. The maximum Gasteiger partial charge on any atom is 0.573 e. The van der Waals surface area contributed by atoms with E-state index in [1.165, 1.54) is 24.4 Å². The van der Waals surface area contributed by atoms with Crippen LogP contribution in [0.3, 0.4) is 0 Å². The monoisotopic (exact) mass is 422 g/mol. The zero-order valence-corrected chi connectivity index (χ0v) is 16.3. The third kappa shape index (κ3) is 4.01. The molecule has 3 heterocycles. The van der Waals surface area contributed by atoms with Gasteiger partial charge in [-0.1, -0.05) is 30.3 Å². The second kappa shape index (κ2) is 7.54. The molecule has 0 spiro atoms. The van der Waals surface area contributed by atoms with Crippen molar-refractivity contribution in [1.82, 2.24) is 15.0 Å². The number of anilines is 1. The first-order valence-electron chi connectivity index (χ1n) is 9.74. The highest BCUT2D eigenvalue weighted by molar-refractivity contribution is 5.80. The van der Waals surface area contributed by atoms with Gasteiger partial charge in [0.05, 0.1) is 16.9 Å². The molecule has 0 aliphatic carbocycles. The summed E-state index contributed by atoms with van der Waals surface area (Å²) in [5.41, 5.74) is 2.78. The number of fused-ring (bicyclic) bond motifs is 1. The topological polar surface area (TPSA) is 51.1 Å². The summed E-state index contributed by atoms with van der Waals surface area (Å²) in [4.78, 5) is 15.8. The predicted molar refractivity (Wildman–Crippen MR) is 111 cm³/mol. The van der Waals surface area contributed by atoms with Crippen LogP contribution >= 0.6 is 0 Å². The van der Waals surface area contributed by atoms with E-state index < -0.39 is 6.36 Å². The van der Waals surface area contributed by atoms with Crippen LogP contribution in [0.1, 0.15) is 11.6 Å². The van der Waals surface area contributed by atoms with E-state index in [1.54, 1.807) is 12.3 Å². The fraction of sp³-hybridized carbons (Fsp3) is 0.174. The number of ether oxygens (including phenoxy) is 1. The molecule has 2 aromatic carbocycles. The number of nitrogens with zero attached hydrogens (tertiary/aromatic N) is 4. The first-order valence-corrected chi connectivity index (χ1v) is 9.74. The molecule has 8 heteroatoms. The molecule has 0 bridgehead atoms. The van der Waals surface area contributed by atoms with Crippen molar-refractivity contribution < 1.29 is 17.9 Å². The molecule has 1 aliphatic heterocycles. The van der Waals surface area contributed by atoms with E-state index in [1.807, 2.05) is 36.4 Å². The SMILES string of the molecule is FC(F)(F)Oc1cccc(-c2nccnc2C2CN(c3ccc4ccccc4n3)C2)c1. The molecule has 0 N–H and O–H groups in total. The highest BCUT2D eigenvalue weighted by Crippen LogP contribution is 2.36. The van der Waals surface area contributed by atoms with Gasteiger partial charge in [-0.15, -0.1) is 13.2 Å². The van der Waals surface area contributed by atoms with Crippen molar-refractivity contribution in [2.75, 3.05) is 18.0 Å². The van der Waals surface area contributed by atoms with Crippen LogP contribution in [0.2, 0.25) is 0 Å². The minimum Gasteiger partial charge on any atom is -0.406 e. The van der Waals surface area contributed by atoms with Gasteiger partial charge in [0, 0.05) is 42.4 Å². The van der Waals surface area contributed by atoms with Crippen LogP contribution in [-0.2, 0) is 0 Å². The van der Waals surface area contributed by atoms with Crippen LogP contribution in [0.5, 0.6) is 5.75 Å². The van der Waals surface area contributed by atoms with Gasteiger partial charge < -0.3 is 9.64 Å². The lowest BCUT2D eigenvalue weighted by molar-refractivity contribution is -0.274. The molecule has 0 radical (unpaired) electrons. The van der Waals surface area contributed by atoms with E-state index in [0.29, 0.717) is 24.3 Å². The summed E-state index contributed by atoms with van der Waals surface area (Å²) in [7, 11) is 0. The molecule has 156 valence electrons. The van der Waals surface area contributed by atoms with Crippen LogP contribution in [0.15, 0.2) is 73.1 Å². The summed E-state index contributed by atoms with van der Waals surface area (Å²) >= 11 is 0. The van der Waals surface area contributed by atoms with Crippen molar-refractivity contribution in [3.63, 3.8) is 0 Å². The Morgan fingerprint density at radius 1 is 0.903 bits per heavy atom. The third-order valence-corrected chi connectivity index (χ3v) is 5.24. The van der Waals surface area contributed by atoms with Gasteiger partial charge in [-0.05, 0) is 30.3 Å². The average Bonchev–Trinajstić information content (AvgIpc) is 2.72. The number of benzene rings is 2. The number of hydrogen-bond donors (Lipinski definition) is 0. The van der Waals surface area contributed by atoms with E-state index in [-0.39, 0.29) is 11.7 Å². The van der Waals surface area contributed by atoms with Crippen molar-refractivity contribution in [3.05, 3.63) is 78.8 Å². The van der Waals surface area contributed by atoms with E-state index in [0.717, 1.165) is 22.4 Å². The Bertz CT molecular complexity index is 1240. The Morgan fingerprint density at radius 2 is 1.71 bits per heavy atom. The quantitative estimate of drug-likeness (QED) is 0.453. The lowest BCUT2D eigenvalue weighted by Gasteiger charge is -2.40. The number of pyridine rings is 1. The highest BCUT2D eigenvalue weighted by Gasteiger charge is 2.33. The van der Waals surface area contributed by atoms with Crippen LogP contribution < -0.4 is 9.64 Å². The molecular weight excluding hydrogens is 405 g/mol. The van der Waals surface area contributed by atoms with Gasteiger partial charge in [0.2, 0.25) is 0 Å². The van der Waals surface area contributed by atoms with Crippen LogP contribution in [0.4, 0.5) is 19.0 Å². The van der Waals surface area contributed by atoms with Gasteiger partial charge in [0.25, 0.3) is 0 Å². The van der Waals surface area contributed by atoms with Crippen LogP contribution in [-0.4, -0.2) is 34.4 Å². The van der Waals surface area contributed by atoms with E-state index in [9.17, 15) is 13.2 Å². The van der Waals surface area contributed by atoms with E-state index in [4.69, 9.17) is 4.98 Å². The normalized spacial score (nSPS) is 14.5. The lowest BCUT2D eigenvalue weighted by atomic mass is 9.92. The summed E-state index contributed by atoms with van der Waals surface area (Å²) in [6.07, 6.45) is -1.60. The molecule has 0 saturated carbocycles. The molecule has 0 unspecified atom stereocenters. The molecule has 2 aromatic heterocycles. The number of alkyl halides is 3. The van der Waals surface area contributed by atoms with Gasteiger partial charge >= 0.3 is 6.36 Å². The number of halogens is 3. The molecule has 1 aliphatic rings. The van der Waals surface area contributed by atoms with Gasteiger partial charge in [-0.25, -0.2) is 4.98 Å². The van der Waals surface area contributed by atoms with Gasteiger partial charge in [-0.3, -0.25) is 9.97 Å². The smallest absolute Gasteiger partial charge is 0.406 e. The zero-order chi connectivity index (χ0) is 21.4. The maximum absolute atomic E-state index is 12.6. The van der Waals surface area contributed by atoms with Crippen molar-refractivity contribution in [1.29, 1.82) is 0 Å². The average molecular weight is 422 g/mol. The largest absolute Gasteiger partial charge is 0.573 e. The molecular formula is C23H17F3N4O. The molecule has 4 aromatic rings. The highest BCUT2D eigenvalue weighted by atomic mass is 19.4. The molecule has 31 heavy (non-hydrogen) atoms. The minimum absolute atomic E-state index is 0.101. The van der Waals surface area contributed by atoms with Crippen molar-refractivity contribution in [2.24, 2.45) is 0 Å². The van der Waals surface area contributed by atoms with Crippen molar-refractivity contribution in [3.8, 4) is 17.0 Å². The first-order chi connectivity index (χ1) is 15.0. The Balaban J connectivity index is 1.38. The van der Waals surface area contributed by atoms with Gasteiger partial charge in [-0.2, -0.15) is 0 Å². The molecule has 1 saturated heterocycles. The summed E-state index contributed by atoms with van der Waals surface area (Å²) in [6, 6.07) is 17.8. The van der Waals surface area contributed by atoms with E-state index in [2.05, 4.69) is 19.6 Å². The molecule has 0 atom stereocenters. The van der Waals surface area contributed by atoms with Crippen molar-refractivity contribution in [2.45, 2.75) is 12.3 Å². The Kier molecular flexibility index (Phi) is 4.69. The van der Waals surface area contributed by atoms with Crippen molar-refractivity contribution >= 4 is 16.7 Å². The molecule has 5 nitrogen and oxygen atoms in total. The second-order valence-electron chi connectivity index (χ2n) is 7.33. The second-order valence-corrected chi connectivity index (χ2v) is 7.33. The van der Waals surface area contributed by atoms with Crippen LogP contribution in [0, 0.1) is 0 Å². The number of rotatable bonds is 4. The number of aromatic nitrogens is 3. The fourth-order valence-corrected chi connectivity index (χ4v) is 3.78. The molecule has 0 amide bonds. The predicted octanol–water partition coefficient (Wildman–Crippen LogP) is 5.19. The van der Waals surface area contributed by atoms with Gasteiger partial charge in [0.1, 0.15) is 11.6 Å². The summed E-state index contributed by atoms with van der Waals surface area (Å²) < 4.78 is 41.8. The Morgan fingerprint density at radius 3 is 2.55 bits per heavy atom. The molecule has 5 rings (SSSR count). The first kappa shape index (κ1) is 19.3.